The quantitative estimate of drug-likeness (QED) is 0.926. The van der Waals surface area contributed by atoms with Crippen LogP contribution >= 0.6 is 15.9 Å². The van der Waals surface area contributed by atoms with Gasteiger partial charge in [0.15, 0.2) is 10.4 Å². The second-order valence-electron chi connectivity index (χ2n) is 5.35. The summed E-state index contributed by atoms with van der Waals surface area (Å²) in [6.45, 7) is 9.36. The van der Waals surface area contributed by atoms with Crippen LogP contribution in [0.25, 0.3) is 0 Å². The van der Waals surface area contributed by atoms with Crippen LogP contribution < -0.4 is 5.32 Å². The fourth-order valence-corrected chi connectivity index (χ4v) is 2.64. The van der Waals surface area contributed by atoms with Crippen LogP contribution in [0.2, 0.25) is 0 Å². The normalized spacial score (nSPS) is 11.7. The molecule has 0 aromatic carbocycles. The Kier molecular flexibility index (Phi) is 3.77. The maximum absolute atomic E-state index is 12.3. The van der Waals surface area contributed by atoms with Crippen LogP contribution in [0.3, 0.4) is 0 Å². The van der Waals surface area contributed by atoms with Crippen LogP contribution in [0.5, 0.6) is 0 Å². The average Bonchev–Trinajstić information content (AvgIpc) is 2.83. The van der Waals surface area contributed by atoms with Crippen LogP contribution in [-0.2, 0) is 5.54 Å². The molecular weight excluding hydrogens is 324 g/mol. The summed E-state index contributed by atoms with van der Waals surface area (Å²) in [5.41, 5.74) is 1.93. The molecule has 108 valence electrons. The minimum absolute atomic E-state index is 0.272. The standard InChI is InChI=1S/C14H17BrN2O3/c1-7-6-10(19-12(7)15)13(18)16-14(4,5)11-8(2)17-20-9(11)3/h6H,1-5H3,(H,16,18). The number of carbonyl (C=O) groups is 1. The Hall–Kier alpha value is -1.56. The SMILES string of the molecule is Cc1cc(C(=O)NC(C)(C)c2c(C)noc2C)oc1Br. The molecule has 0 bridgehead atoms. The van der Waals surface area contributed by atoms with Gasteiger partial charge >= 0.3 is 0 Å². The maximum atomic E-state index is 12.3. The van der Waals surface area contributed by atoms with Crippen molar-refractivity contribution in [3.05, 3.63) is 39.1 Å². The Bertz CT molecular complexity index is 616. The molecule has 0 atom stereocenters. The largest absolute Gasteiger partial charge is 0.444 e. The first-order chi connectivity index (χ1) is 9.22. The molecule has 0 aliphatic heterocycles. The number of carbonyl (C=O) groups excluding carboxylic acids is 1. The number of nitrogens with zero attached hydrogens (tertiary/aromatic N) is 1. The highest BCUT2D eigenvalue weighted by atomic mass is 79.9. The molecule has 0 spiro atoms. The molecule has 20 heavy (non-hydrogen) atoms. The zero-order valence-electron chi connectivity index (χ0n) is 12.1. The number of nitrogens with one attached hydrogen (secondary N) is 1. The fraction of sp³-hybridized carbons (Fsp3) is 0.429. The second-order valence-corrected chi connectivity index (χ2v) is 6.07. The molecule has 0 aliphatic rings. The van der Waals surface area contributed by atoms with E-state index in [-0.39, 0.29) is 11.7 Å². The number of hydrogen-bond donors (Lipinski definition) is 1. The molecule has 2 aromatic heterocycles. The Labute approximate surface area is 125 Å². The van der Waals surface area contributed by atoms with E-state index in [4.69, 9.17) is 8.94 Å². The number of rotatable bonds is 3. The predicted molar refractivity (Wildman–Crippen MR) is 77.6 cm³/mol. The molecule has 5 nitrogen and oxygen atoms in total. The van der Waals surface area contributed by atoms with Gasteiger partial charge in [0.25, 0.3) is 5.91 Å². The van der Waals surface area contributed by atoms with Crippen molar-refractivity contribution in [2.24, 2.45) is 0 Å². The van der Waals surface area contributed by atoms with Gasteiger partial charge in [-0.3, -0.25) is 4.79 Å². The van der Waals surface area contributed by atoms with Crippen molar-refractivity contribution >= 4 is 21.8 Å². The zero-order valence-corrected chi connectivity index (χ0v) is 13.7. The highest BCUT2D eigenvalue weighted by Crippen LogP contribution is 2.28. The number of amides is 1. The molecule has 0 fully saturated rings. The molecule has 2 heterocycles. The summed E-state index contributed by atoms with van der Waals surface area (Å²) in [7, 11) is 0. The summed E-state index contributed by atoms with van der Waals surface area (Å²) < 4.78 is 11.1. The Balaban J connectivity index is 2.26. The molecule has 2 rings (SSSR count). The molecule has 6 heteroatoms. The van der Waals surface area contributed by atoms with Crippen LogP contribution in [0.15, 0.2) is 19.7 Å². The lowest BCUT2D eigenvalue weighted by Gasteiger charge is -2.25. The smallest absolute Gasteiger partial charge is 0.287 e. The van der Waals surface area contributed by atoms with Crippen molar-refractivity contribution in [3.63, 3.8) is 0 Å². The molecule has 0 unspecified atom stereocenters. The third-order valence-corrected chi connectivity index (χ3v) is 3.95. The molecule has 2 aromatic rings. The number of aryl methyl sites for hydroxylation is 3. The van der Waals surface area contributed by atoms with E-state index in [0.717, 1.165) is 16.8 Å². The third-order valence-electron chi connectivity index (χ3n) is 3.17. The van der Waals surface area contributed by atoms with Crippen LogP contribution in [0.4, 0.5) is 0 Å². The van der Waals surface area contributed by atoms with Crippen LogP contribution in [0.1, 0.15) is 47.0 Å². The van der Waals surface area contributed by atoms with Gasteiger partial charge in [-0.1, -0.05) is 5.16 Å². The topological polar surface area (TPSA) is 68.3 Å². The van der Waals surface area contributed by atoms with Crippen LogP contribution in [-0.4, -0.2) is 11.1 Å². The summed E-state index contributed by atoms with van der Waals surface area (Å²) >= 11 is 3.25. The monoisotopic (exact) mass is 340 g/mol. The molecule has 0 aliphatic carbocycles. The summed E-state index contributed by atoms with van der Waals surface area (Å²) in [5.74, 6) is 0.697. The van der Waals surface area contributed by atoms with E-state index < -0.39 is 5.54 Å². The summed E-state index contributed by atoms with van der Waals surface area (Å²) in [4.78, 5) is 12.3. The summed E-state index contributed by atoms with van der Waals surface area (Å²) in [6, 6.07) is 1.70. The number of halogens is 1. The van der Waals surface area contributed by atoms with E-state index in [0.29, 0.717) is 10.4 Å². The molecular formula is C14H17BrN2O3. The molecule has 0 saturated heterocycles. The van der Waals surface area contributed by atoms with Crippen molar-refractivity contribution < 1.29 is 13.7 Å². The van der Waals surface area contributed by atoms with Gasteiger partial charge in [-0.2, -0.15) is 0 Å². The first kappa shape index (κ1) is 14.8. The Morgan fingerprint density at radius 2 is 2.00 bits per heavy atom. The van der Waals surface area contributed by atoms with E-state index in [1.54, 1.807) is 6.07 Å². The third kappa shape index (κ3) is 2.65. The maximum Gasteiger partial charge on any atom is 0.287 e. The van der Waals surface area contributed by atoms with Crippen molar-refractivity contribution in [3.8, 4) is 0 Å². The average molecular weight is 341 g/mol. The van der Waals surface area contributed by atoms with E-state index in [9.17, 15) is 4.79 Å². The second kappa shape index (κ2) is 5.09. The minimum Gasteiger partial charge on any atom is -0.444 e. The van der Waals surface area contributed by atoms with Crippen molar-refractivity contribution in [2.75, 3.05) is 0 Å². The highest BCUT2D eigenvalue weighted by molar-refractivity contribution is 9.10. The minimum atomic E-state index is -0.599. The lowest BCUT2D eigenvalue weighted by molar-refractivity contribution is 0.0881. The van der Waals surface area contributed by atoms with E-state index in [1.807, 2.05) is 34.6 Å². The number of hydrogen-bond acceptors (Lipinski definition) is 4. The molecule has 0 saturated carbocycles. The van der Waals surface area contributed by atoms with Gasteiger partial charge in [-0.05, 0) is 56.6 Å². The lowest BCUT2D eigenvalue weighted by Crippen LogP contribution is -2.41. The lowest BCUT2D eigenvalue weighted by atomic mass is 9.92. The van der Waals surface area contributed by atoms with E-state index >= 15 is 0 Å². The van der Waals surface area contributed by atoms with Crippen molar-refractivity contribution in [2.45, 2.75) is 40.2 Å². The first-order valence-electron chi connectivity index (χ1n) is 6.24. The fourth-order valence-electron chi connectivity index (χ4n) is 2.36. The summed E-state index contributed by atoms with van der Waals surface area (Å²) in [6.07, 6.45) is 0. The molecule has 1 amide bonds. The van der Waals surface area contributed by atoms with Gasteiger partial charge in [-0.25, -0.2) is 0 Å². The number of aromatic nitrogens is 1. The molecule has 0 radical (unpaired) electrons. The Morgan fingerprint density at radius 1 is 1.35 bits per heavy atom. The molecule has 1 N–H and O–H groups in total. The zero-order chi connectivity index (χ0) is 15.1. The van der Waals surface area contributed by atoms with Gasteiger partial charge in [0.1, 0.15) is 5.76 Å². The van der Waals surface area contributed by atoms with Gasteiger partial charge < -0.3 is 14.3 Å². The van der Waals surface area contributed by atoms with Crippen LogP contribution in [0, 0.1) is 20.8 Å². The summed E-state index contributed by atoms with van der Waals surface area (Å²) in [5, 5.41) is 6.87. The van der Waals surface area contributed by atoms with Crippen molar-refractivity contribution in [1.29, 1.82) is 0 Å². The van der Waals surface area contributed by atoms with E-state index in [2.05, 4.69) is 26.4 Å². The number of furan rings is 1. The van der Waals surface area contributed by atoms with Crippen molar-refractivity contribution in [1.82, 2.24) is 10.5 Å². The van der Waals surface area contributed by atoms with Gasteiger partial charge in [0.2, 0.25) is 0 Å². The highest BCUT2D eigenvalue weighted by Gasteiger charge is 2.31. The first-order valence-corrected chi connectivity index (χ1v) is 7.03. The van der Waals surface area contributed by atoms with Gasteiger partial charge in [0, 0.05) is 11.1 Å². The van der Waals surface area contributed by atoms with Gasteiger partial charge in [0.05, 0.1) is 11.2 Å². The van der Waals surface area contributed by atoms with E-state index in [1.165, 1.54) is 0 Å². The predicted octanol–water partition coefficient (Wildman–Crippen LogP) is 3.62. The Morgan fingerprint density at radius 3 is 2.45 bits per heavy atom. The van der Waals surface area contributed by atoms with Gasteiger partial charge in [-0.15, -0.1) is 0 Å².